The van der Waals surface area contributed by atoms with Gasteiger partial charge < -0.3 is 4.90 Å². The number of para-hydroxylation sites is 1. The van der Waals surface area contributed by atoms with Crippen molar-refractivity contribution in [2.75, 3.05) is 19.0 Å². The molecule has 0 atom stereocenters. The minimum Gasteiger partial charge on any atom is -0.376 e. The summed E-state index contributed by atoms with van der Waals surface area (Å²) >= 11 is 1.44. The van der Waals surface area contributed by atoms with Crippen LogP contribution >= 0.6 is 11.3 Å². The SMILES string of the molecule is CN(C)c1cncc2sc3c(=O)n(-c4ccccc4)cnc3c12. The van der Waals surface area contributed by atoms with Crippen LogP contribution in [0.1, 0.15) is 0 Å². The van der Waals surface area contributed by atoms with Gasteiger partial charge in [0.1, 0.15) is 11.0 Å². The van der Waals surface area contributed by atoms with Crippen molar-refractivity contribution in [3.8, 4) is 5.69 Å². The maximum atomic E-state index is 12.9. The number of hydrogen-bond acceptors (Lipinski definition) is 5. The molecule has 0 fully saturated rings. The van der Waals surface area contributed by atoms with E-state index in [1.54, 1.807) is 23.3 Å². The molecule has 0 saturated carbocycles. The van der Waals surface area contributed by atoms with Crippen LogP contribution in [0.4, 0.5) is 5.69 Å². The molecule has 5 nitrogen and oxygen atoms in total. The second kappa shape index (κ2) is 5.17. The van der Waals surface area contributed by atoms with Crippen LogP contribution in [0.2, 0.25) is 0 Å². The Morgan fingerprint density at radius 1 is 1.13 bits per heavy atom. The number of nitrogens with zero attached hydrogens (tertiary/aromatic N) is 4. The Morgan fingerprint density at radius 3 is 2.65 bits per heavy atom. The van der Waals surface area contributed by atoms with Crippen molar-refractivity contribution >= 4 is 37.3 Å². The number of rotatable bonds is 2. The second-order valence-electron chi connectivity index (χ2n) is 5.46. The van der Waals surface area contributed by atoms with E-state index in [9.17, 15) is 4.79 Å². The first-order valence-corrected chi connectivity index (χ1v) is 7.99. The number of benzene rings is 1. The molecule has 0 N–H and O–H groups in total. The van der Waals surface area contributed by atoms with Crippen LogP contribution in [0, 0.1) is 0 Å². The first-order valence-electron chi connectivity index (χ1n) is 7.17. The highest BCUT2D eigenvalue weighted by molar-refractivity contribution is 7.25. The molecule has 1 aromatic carbocycles. The maximum Gasteiger partial charge on any atom is 0.275 e. The number of anilines is 1. The van der Waals surface area contributed by atoms with Gasteiger partial charge in [0.05, 0.1) is 27.8 Å². The smallest absolute Gasteiger partial charge is 0.275 e. The van der Waals surface area contributed by atoms with Crippen LogP contribution in [-0.4, -0.2) is 28.6 Å². The molecule has 3 heterocycles. The van der Waals surface area contributed by atoms with Crippen molar-refractivity contribution in [2.24, 2.45) is 0 Å². The topological polar surface area (TPSA) is 51.0 Å². The number of pyridine rings is 1. The zero-order valence-corrected chi connectivity index (χ0v) is 13.5. The summed E-state index contributed by atoms with van der Waals surface area (Å²) < 4.78 is 3.21. The minimum absolute atomic E-state index is 0.0490. The third-order valence-corrected chi connectivity index (χ3v) is 4.89. The van der Waals surface area contributed by atoms with Gasteiger partial charge in [0.15, 0.2) is 0 Å². The molecule has 0 amide bonds. The van der Waals surface area contributed by atoms with Gasteiger partial charge in [-0.1, -0.05) is 18.2 Å². The molecule has 0 radical (unpaired) electrons. The lowest BCUT2D eigenvalue weighted by Gasteiger charge is -2.12. The molecule has 0 aliphatic heterocycles. The third-order valence-electron chi connectivity index (χ3n) is 3.79. The number of hydrogen-bond donors (Lipinski definition) is 0. The molecule has 0 saturated heterocycles. The van der Waals surface area contributed by atoms with Crippen LogP contribution < -0.4 is 10.5 Å². The molecule has 0 spiro atoms. The van der Waals surface area contributed by atoms with E-state index in [0.717, 1.165) is 27.0 Å². The van der Waals surface area contributed by atoms with Crippen molar-refractivity contribution in [3.05, 3.63) is 59.4 Å². The predicted octanol–water partition coefficient (Wildman–Crippen LogP) is 3.06. The fraction of sp³-hybridized carbons (Fsp3) is 0.118. The average Bonchev–Trinajstić information content (AvgIpc) is 2.95. The summed E-state index contributed by atoms with van der Waals surface area (Å²) in [6.07, 6.45) is 5.20. The molecule has 3 aromatic heterocycles. The lowest BCUT2D eigenvalue weighted by Crippen LogP contribution is -2.17. The molecule has 0 bridgehead atoms. The molecule has 0 aliphatic rings. The molecule has 4 rings (SSSR count). The summed E-state index contributed by atoms with van der Waals surface area (Å²) in [6.45, 7) is 0. The predicted molar refractivity (Wildman–Crippen MR) is 94.8 cm³/mol. The summed E-state index contributed by atoms with van der Waals surface area (Å²) in [7, 11) is 3.93. The number of aromatic nitrogens is 3. The molecule has 6 heteroatoms. The Balaban J connectivity index is 2.08. The zero-order chi connectivity index (χ0) is 16.0. The molecule has 0 unspecified atom stereocenters. The molecule has 0 aliphatic carbocycles. The summed E-state index contributed by atoms with van der Waals surface area (Å²) in [5, 5.41) is 0.988. The van der Waals surface area contributed by atoms with Crippen molar-refractivity contribution in [1.82, 2.24) is 14.5 Å². The van der Waals surface area contributed by atoms with Gasteiger partial charge in [-0.2, -0.15) is 0 Å². The molecular weight excluding hydrogens is 308 g/mol. The largest absolute Gasteiger partial charge is 0.376 e. The highest BCUT2D eigenvalue weighted by atomic mass is 32.1. The Bertz CT molecular complexity index is 1070. The van der Waals surface area contributed by atoms with Crippen molar-refractivity contribution < 1.29 is 0 Å². The van der Waals surface area contributed by atoms with Crippen LogP contribution in [0.3, 0.4) is 0 Å². The van der Waals surface area contributed by atoms with Gasteiger partial charge in [0.2, 0.25) is 0 Å². The Morgan fingerprint density at radius 2 is 1.91 bits per heavy atom. The monoisotopic (exact) mass is 322 g/mol. The van der Waals surface area contributed by atoms with Gasteiger partial charge in [-0.15, -0.1) is 11.3 Å². The van der Waals surface area contributed by atoms with Crippen molar-refractivity contribution in [1.29, 1.82) is 0 Å². The van der Waals surface area contributed by atoms with Crippen LogP contribution in [0.25, 0.3) is 26.0 Å². The van der Waals surface area contributed by atoms with E-state index in [1.165, 1.54) is 11.3 Å². The van der Waals surface area contributed by atoms with Gasteiger partial charge in [-0.25, -0.2) is 4.98 Å². The second-order valence-corrected chi connectivity index (χ2v) is 6.51. The fourth-order valence-electron chi connectivity index (χ4n) is 2.68. The minimum atomic E-state index is -0.0490. The Labute approximate surface area is 136 Å². The molecular formula is C17H14N4OS. The lowest BCUT2D eigenvalue weighted by atomic mass is 10.2. The van der Waals surface area contributed by atoms with E-state index in [0.29, 0.717) is 4.70 Å². The summed E-state index contributed by atoms with van der Waals surface area (Å²) in [6, 6.07) is 9.54. The summed E-state index contributed by atoms with van der Waals surface area (Å²) in [4.78, 5) is 23.7. The van der Waals surface area contributed by atoms with Crippen LogP contribution in [-0.2, 0) is 0 Å². The van der Waals surface area contributed by atoms with E-state index >= 15 is 0 Å². The van der Waals surface area contributed by atoms with Crippen molar-refractivity contribution in [3.63, 3.8) is 0 Å². The van der Waals surface area contributed by atoms with E-state index in [4.69, 9.17) is 0 Å². The van der Waals surface area contributed by atoms with Gasteiger partial charge >= 0.3 is 0 Å². The van der Waals surface area contributed by atoms with E-state index in [-0.39, 0.29) is 5.56 Å². The standard InChI is InChI=1S/C17H14N4OS/c1-20(2)12-8-18-9-13-14(12)15-16(23-13)17(22)21(10-19-15)11-6-4-3-5-7-11/h3-10H,1-2H3. The van der Waals surface area contributed by atoms with Crippen molar-refractivity contribution in [2.45, 2.75) is 0 Å². The van der Waals surface area contributed by atoms with Gasteiger partial charge in [0, 0.05) is 25.7 Å². The molecule has 23 heavy (non-hydrogen) atoms. The van der Waals surface area contributed by atoms with Gasteiger partial charge in [-0.05, 0) is 12.1 Å². The first-order chi connectivity index (χ1) is 11.2. The highest BCUT2D eigenvalue weighted by Gasteiger charge is 2.16. The van der Waals surface area contributed by atoms with E-state index in [2.05, 4.69) is 9.97 Å². The maximum absolute atomic E-state index is 12.9. The van der Waals surface area contributed by atoms with E-state index in [1.807, 2.05) is 49.3 Å². The normalized spacial score (nSPS) is 11.2. The summed E-state index contributed by atoms with van der Waals surface area (Å²) in [5.41, 5.74) is 2.48. The van der Waals surface area contributed by atoms with E-state index < -0.39 is 0 Å². The number of thiophene rings is 1. The van der Waals surface area contributed by atoms with Gasteiger partial charge in [-0.3, -0.25) is 14.3 Å². The van der Waals surface area contributed by atoms with Gasteiger partial charge in [0.25, 0.3) is 5.56 Å². The quantitative estimate of drug-likeness (QED) is 0.569. The van der Waals surface area contributed by atoms with Crippen LogP contribution in [0.5, 0.6) is 0 Å². The third kappa shape index (κ3) is 2.10. The average molecular weight is 322 g/mol. The fourth-order valence-corrected chi connectivity index (χ4v) is 3.75. The Kier molecular flexibility index (Phi) is 3.12. The summed E-state index contributed by atoms with van der Waals surface area (Å²) in [5.74, 6) is 0. The number of fused-ring (bicyclic) bond motifs is 3. The first kappa shape index (κ1) is 13.9. The molecule has 4 aromatic rings. The lowest BCUT2D eigenvalue weighted by molar-refractivity contribution is 0.967. The highest BCUT2D eigenvalue weighted by Crippen LogP contribution is 2.35. The Hall–Kier alpha value is -2.73. The molecule has 114 valence electrons. The zero-order valence-electron chi connectivity index (χ0n) is 12.7. The van der Waals surface area contributed by atoms with Crippen LogP contribution in [0.15, 0.2) is 53.8 Å².